The van der Waals surface area contributed by atoms with Crippen molar-refractivity contribution in [2.24, 2.45) is 0 Å². The molecule has 3 aromatic rings. The molecule has 0 aliphatic heterocycles. The number of aromatic nitrogens is 1. The van der Waals surface area contributed by atoms with Gasteiger partial charge in [-0.1, -0.05) is 29.5 Å². The Balaban J connectivity index is 1.92. The average molecular weight is 457 g/mol. The number of nitrogens with zero attached hydrogens (tertiary/aromatic N) is 2. The Labute approximate surface area is 187 Å². The molecular weight excluding hydrogens is 437 g/mol. The number of para-hydroxylation sites is 1. The maximum atomic E-state index is 13.2. The first-order valence-electron chi connectivity index (χ1n) is 9.50. The maximum Gasteiger partial charge on any atom is 0.276 e. The van der Waals surface area contributed by atoms with Gasteiger partial charge in [0.15, 0.2) is 10.3 Å². The standard InChI is InChI=1S/C22H20FN3O5S/c1-14(13-30-2)31-18-10-15(7-8-16-5-3-4-6-19(16)26(28)29)9-17(11-18)21(27)25-22-24-12-20(23)32-22/h3-12,14H,13H2,1-2H3,(H,24,25,27)/t14-/m0/s1. The van der Waals surface area contributed by atoms with E-state index in [9.17, 15) is 19.3 Å². The monoisotopic (exact) mass is 457 g/mol. The van der Waals surface area contributed by atoms with Gasteiger partial charge in [0.1, 0.15) is 11.9 Å². The molecule has 1 atom stereocenters. The van der Waals surface area contributed by atoms with Crippen LogP contribution in [0.4, 0.5) is 15.2 Å². The molecule has 10 heteroatoms. The Morgan fingerprint density at radius 2 is 2.09 bits per heavy atom. The van der Waals surface area contributed by atoms with E-state index in [1.807, 2.05) is 6.92 Å². The summed E-state index contributed by atoms with van der Waals surface area (Å²) in [6.07, 6.45) is 3.98. The van der Waals surface area contributed by atoms with Gasteiger partial charge in [0.25, 0.3) is 11.6 Å². The molecule has 166 valence electrons. The number of amides is 1. The highest BCUT2D eigenvalue weighted by Crippen LogP contribution is 2.25. The molecule has 1 amide bonds. The molecule has 8 nitrogen and oxygen atoms in total. The van der Waals surface area contributed by atoms with Crippen molar-refractivity contribution in [3.05, 3.63) is 80.6 Å². The highest BCUT2D eigenvalue weighted by Gasteiger charge is 2.14. The molecule has 1 heterocycles. The fourth-order valence-corrected chi connectivity index (χ4v) is 3.42. The van der Waals surface area contributed by atoms with Gasteiger partial charge in [-0.2, -0.15) is 4.39 Å². The van der Waals surface area contributed by atoms with Crippen LogP contribution < -0.4 is 10.1 Å². The SMILES string of the molecule is COC[C@H](C)Oc1cc(C=Cc2ccccc2[N+](=O)[O-])cc(C(=O)Nc2ncc(F)s2)c1. The smallest absolute Gasteiger partial charge is 0.276 e. The van der Waals surface area contributed by atoms with Gasteiger partial charge >= 0.3 is 0 Å². The number of rotatable bonds is 9. The van der Waals surface area contributed by atoms with Crippen molar-refractivity contribution in [1.29, 1.82) is 0 Å². The van der Waals surface area contributed by atoms with Crippen LogP contribution in [-0.4, -0.2) is 35.6 Å². The number of hydrogen-bond acceptors (Lipinski definition) is 7. The van der Waals surface area contributed by atoms with Crippen molar-refractivity contribution < 1.29 is 23.6 Å². The molecule has 0 radical (unpaired) electrons. The van der Waals surface area contributed by atoms with Crippen LogP contribution in [0.2, 0.25) is 0 Å². The first-order chi connectivity index (χ1) is 15.4. The minimum absolute atomic E-state index is 0.0337. The Morgan fingerprint density at radius 3 is 2.78 bits per heavy atom. The van der Waals surface area contributed by atoms with Crippen LogP contribution >= 0.6 is 11.3 Å². The number of nitrogens with one attached hydrogen (secondary N) is 1. The zero-order chi connectivity index (χ0) is 23.1. The van der Waals surface area contributed by atoms with Gasteiger partial charge in [0.05, 0.1) is 23.3 Å². The lowest BCUT2D eigenvalue weighted by Gasteiger charge is -2.15. The van der Waals surface area contributed by atoms with E-state index < -0.39 is 16.0 Å². The molecule has 3 rings (SSSR count). The van der Waals surface area contributed by atoms with Crippen molar-refractivity contribution in [2.75, 3.05) is 19.0 Å². The number of nitro benzene ring substituents is 1. The molecule has 1 aromatic heterocycles. The Hall–Kier alpha value is -3.63. The molecule has 0 saturated heterocycles. The minimum Gasteiger partial charge on any atom is -0.488 e. The molecule has 0 aliphatic carbocycles. The quantitative estimate of drug-likeness (QED) is 0.275. The first kappa shape index (κ1) is 23.0. The molecular formula is C22H20FN3O5S. The summed E-state index contributed by atoms with van der Waals surface area (Å²) in [6, 6.07) is 11.2. The van der Waals surface area contributed by atoms with E-state index in [0.29, 0.717) is 34.8 Å². The summed E-state index contributed by atoms with van der Waals surface area (Å²) in [5.41, 5.74) is 1.22. The maximum absolute atomic E-state index is 13.2. The van der Waals surface area contributed by atoms with Crippen LogP contribution in [0.15, 0.2) is 48.7 Å². The van der Waals surface area contributed by atoms with Crippen molar-refractivity contribution in [3.63, 3.8) is 0 Å². The highest BCUT2D eigenvalue weighted by atomic mass is 32.1. The van der Waals surface area contributed by atoms with Gasteiger partial charge in [-0.05, 0) is 42.8 Å². The van der Waals surface area contributed by atoms with E-state index in [1.54, 1.807) is 55.7 Å². The van der Waals surface area contributed by atoms with Crippen LogP contribution in [0.5, 0.6) is 5.75 Å². The molecule has 1 N–H and O–H groups in total. The zero-order valence-corrected chi connectivity index (χ0v) is 18.1. The highest BCUT2D eigenvalue weighted by molar-refractivity contribution is 7.14. The van der Waals surface area contributed by atoms with E-state index in [-0.39, 0.29) is 22.5 Å². The van der Waals surface area contributed by atoms with E-state index in [1.165, 1.54) is 6.07 Å². The van der Waals surface area contributed by atoms with E-state index in [2.05, 4.69) is 10.3 Å². The summed E-state index contributed by atoms with van der Waals surface area (Å²) in [7, 11) is 1.55. The van der Waals surface area contributed by atoms with Gasteiger partial charge in [0.2, 0.25) is 0 Å². The van der Waals surface area contributed by atoms with Crippen molar-refractivity contribution >= 4 is 40.2 Å². The normalized spacial score (nSPS) is 12.0. The lowest BCUT2D eigenvalue weighted by atomic mass is 10.1. The number of anilines is 1. The van der Waals surface area contributed by atoms with Gasteiger partial charge in [0, 0.05) is 18.7 Å². The molecule has 0 saturated carbocycles. The number of halogens is 1. The third-order valence-electron chi connectivity index (χ3n) is 4.22. The predicted octanol–water partition coefficient (Wildman–Crippen LogP) is 5.03. The van der Waals surface area contributed by atoms with Crippen molar-refractivity contribution in [1.82, 2.24) is 4.98 Å². The fourth-order valence-electron chi connectivity index (χ4n) is 2.88. The fraction of sp³-hybridized carbons (Fsp3) is 0.182. The second kappa shape index (κ2) is 10.6. The average Bonchev–Trinajstić information content (AvgIpc) is 3.16. The van der Waals surface area contributed by atoms with Crippen LogP contribution in [-0.2, 0) is 4.74 Å². The molecule has 0 bridgehead atoms. The lowest BCUT2D eigenvalue weighted by Crippen LogP contribution is -2.18. The molecule has 0 aliphatic rings. The summed E-state index contributed by atoms with van der Waals surface area (Å²) >= 11 is 0.713. The van der Waals surface area contributed by atoms with Crippen molar-refractivity contribution in [2.45, 2.75) is 13.0 Å². The lowest BCUT2D eigenvalue weighted by molar-refractivity contribution is -0.385. The molecule has 32 heavy (non-hydrogen) atoms. The Kier molecular flexibility index (Phi) is 7.63. The summed E-state index contributed by atoms with van der Waals surface area (Å²) in [6.45, 7) is 2.16. The first-order valence-corrected chi connectivity index (χ1v) is 10.3. The molecule has 0 spiro atoms. The summed E-state index contributed by atoms with van der Waals surface area (Å²) in [5.74, 6) is -0.0840. The van der Waals surface area contributed by atoms with Gasteiger partial charge in [-0.3, -0.25) is 20.2 Å². The topological polar surface area (TPSA) is 104 Å². The third kappa shape index (κ3) is 6.19. The summed E-state index contributed by atoms with van der Waals surface area (Å²) < 4.78 is 24.1. The van der Waals surface area contributed by atoms with E-state index in [0.717, 1.165) is 6.20 Å². The molecule has 0 unspecified atom stereocenters. The largest absolute Gasteiger partial charge is 0.488 e. The van der Waals surface area contributed by atoms with Gasteiger partial charge in [-0.25, -0.2) is 4.98 Å². The minimum atomic E-state index is -0.515. The van der Waals surface area contributed by atoms with Crippen LogP contribution in [0.1, 0.15) is 28.4 Å². The number of benzene rings is 2. The van der Waals surface area contributed by atoms with Crippen LogP contribution in [0.3, 0.4) is 0 Å². The van der Waals surface area contributed by atoms with Gasteiger partial charge in [-0.15, -0.1) is 0 Å². The third-order valence-corrected chi connectivity index (χ3v) is 4.92. The summed E-state index contributed by atoms with van der Waals surface area (Å²) in [5, 5.41) is 13.4. The van der Waals surface area contributed by atoms with Crippen LogP contribution in [0.25, 0.3) is 12.2 Å². The number of thiazole rings is 1. The predicted molar refractivity (Wildman–Crippen MR) is 120 cm³/mol. The summed E-state index contributed by atoms with van der Waals surface area (Å²) in [4.78, 5) is 27.3. The Morgan fingerprint density at radius 1 is 1.31 bits per heavy atom. The van der Waals surface area contributed by atoms with Crippen molar-refractivity contribution in [3.8, 4) is 5.75 Å². The zero-order valence-electron chi connectivity index (χ0n) is 17.3. The molecule has 0 fully saturated rings. The van der Waals surface area contributed by atoms with Gasteiger partial charge < -0.3 is 9.47 Å². The second-order valence-corrected chi connectivity index (χ2v) is 7.73. The number of carbonyl (C=O) groups excluding carboxylic acids is 1. The van der Waals surface area contributed by atoms with E-state index >= 15 is 0 Å². The van der Waals surface area contributed by atoms with E-state index in [4.69, 9.17) is 9.47 Å². The number of hydrogen-bond donors (Lipinski definition) is 1. The van der Waals surface area contributed by atoms with Crippen LogP contribution in [0, 0.1) is 15.2 Å². The number of nitro groups is 1. The number of ether oxygens (including phenoxy) is 2. The number of carbonyl (C=O) groups is 1. The Bertz CT molecular complexity index is 1150. The second-order valence-electron chi connectivity index (χ2n) is 6.75. The molecule has 2 aromatic carbocycles. The number of methoxy groups -OCH3 is 1.